The summed E-state index contributed by atoms with van der Waals surface area (Å²) < 4.78 is 0.872. The molecule has 6 heteroatoms. The molecular formula is C13H14BrN3O2. The molecule has 1 saturated heterocycles. The van der Waals surface area contributed by atoms with Crippen LogP contribution in [0, 0.1) is 0 Å². The smallest absolute Gasteiger partial charge is 0.305 e. The van der Waals surface area contributed by atoms with Crippen LogP contribution in [0.1, 0.15) is 31.2 Å². The second-order valence-corrected chi connectivity index (χ2v) is 6.01. The fraction of sp³-hybridized carbons (Fsp3) is 0.462. The molecule has 1 N–H and O–H groups in total. The van der Waals surface area contributed by atoms with Gasteiger partial charge in [0.25, 0.3) is 5.91 Å². The lowest BCUT2D eigenvalue weighted by molar-refractivity contribution is -0.126. The normalized spacial score (nSPS) is 21.2. The van der Waals surface area contributed by atoms with E-state index in [2.05, 4.69) is 26.2 Å². The van der Waals surface area contributed by atoms with Gasteiger partial charge < -0.3 is 4.90 Å². The minimum absolute atomic E-state index is 0.141. The molecule has 100 valence electrons. The highest BCUT2D eigenvalue weighted by atomic mass is 79.9. The first-order valence-corrected chi connectivity index (χ1v) is 7.14. The Morgan fingerprint density at radius 1 is 1.32 bits per heavy atom. The van der Waals surface area contributed by atoms with E-state index in [0.29, 0.717) is 6.54 Å². The topological polar surface area (TPSA) is 62.3 Å². The molecule has 1 aromatic rings. The molecule has 5 nitrogen and oxygen atoms in total. The number of carbonyl (C=O) groups is 2. The molecule has 0 atom stereocenters. The molecule has 1 aliphatic carbocycles. The number of pyridine rings is 1. The number of nitrogens with zero attached hydrogens (tertiary/aromatic N) is 2. The van der Waals surface area contributed by atoms with Crippen LogP contribution in [0.15, 0.2) is 22.9 Å². The molecule has 1 aliphatic heterocycles. The van der Waals surface area contributed by atoms with Gasteiger partial charge in [-0.1, -0.05) is 12.8 Å². The number of halogens is 1. The predicted molar refractivity (Wildman–Crippen MR) is 72.2 cm³/mol. The highest BCUT2D eigenvalue weighted by Gasteiger charge is 2.53. The van der Waals surface area contributed by atoms with Gasteiger partial charge in [0, 0.05) is 16.9 Å². The van der Waals surface area contributed by atoms with Gasteiger partial charge in [-0.2, -0.15) is 0 Å². The van der Waals surface area contributed by atoms with Crippen LogP contribution in [-0.4, -0.2) is 27.4 Å². The van der Waals surface area contributed by atoms with Gasteiger partial charge in [0.2, 0.25) is 0 Å². The highest BCUT2D eigenvalue weighted by Crippen LogP contribution is 2.39. The lowest BCUT2D eigenvalue weighted by Gasteiger charge is -2.31. The monoisotopic (exact) mass is 323 g/mol. The van der Waals surface area contributed by atoms with Crippen molar-refractivity contribution in [2.45, 2.75) is 37.8 Å². The molecule has 1 spiro atoms. The van der Waals surface area contributed by atoms with Crippen LogP contribution in [0.4, 0.5) is 4.79 Å². The van der Waals surface area contributed by atoms with Crippen LogP contribution >= 0.6 is 15.9 Å². The molecule has 3 amide bonds. The molecule has 0 bridgehead atoms. The van der Waals surface area contributed by atoms with Crippen molar-refractivity contribution in [2.75, 3.05) is 0 Å². The van der Waals surface area contributed by atoms with E-state index in [4.69, 9.17) is 0 Å². The van der Waals surface area contributed by atoms with Crippen LogP contribution in [0.5, 0.6) is 0 Å². The van der Waals surface area contributed by atoms with Gasteiger partial charge in [0.1, 0.15) is 5.54 Å². The molecule has 2 aliphatic rings. The minimum atomic E-state index is -0.626. The van der Waals surface area contributed by atoms with Crippen LogP contribution in [0.3, 0.4) is 0 Å². The number of aromatic nitrogens is 1. The third kappa shape index (κ3) is 2.04. The number of amides is 3. The zero-order valence-electron chi connectivity index (χ0n) is 10.4. The summed E-state index contributed by atoms with van der Waals surface area (Å²) in [5.41, 5.74) is 0.296. The first-order valence-electron chi connectivity index (χ1n) is 6.34. The number of urea groups is 1. The zero-order valence-corrected chi connectivity index (χ0v) is 11.9. The molecule has 0 unspecified atom stereocenters. The van der Waals surface area contributed by atoms with Crippen LogP contribution in [0.2, 0.25) is 0 Å². The summed E-state index contributed by atoms with van der Waals surface area (Å²) in [6, 6.07) is 1.64. The molecule has 0 aromatic carbocycles. The number of hydrogen-bond acceptors (Lipinski definition) is 3. The van der Waals surface area contributed by atoms with Crippen molar-refractivity contribution in [3.05, 3.63) is 28.5 Å². The Kier molecular flexibility index (Phi) is 3.05. The minimum Gasteiger partial charge on any atom is -0.305 e. The molecule has 2 fully saturated rings. The van der Waals surface area contributed by atoms with Crippen LogP contribution in [-0.2, 0) is 11.3 Å². The summed E-state index contributed by atoms with van der Waals surface area (Å²) in [5.74, 6) is -0.141. The third-order valence-corrected chi connectivity index (χ3v) is 4.37. The summed E-state index contributed by atoms with van der Waals surface area (Å²) in [6.45, 7) is 0.421. The number of rotatable bonds is 2. The summed E-state index contributed by atoms with van der Waals surface area (Å²) in [5, 5.41) is 2.45. The van der Waals surface area contributed by atoms with Gasteiger partial charge in [-0.25, -0.2) is 4.79 Å². The lowest BCUT2D eigenvalue weighted by atomic mass is 9.95. The number of imide groups is 1. The molecule has 0 radical (unpaired) electrons. The van der Waals surface area contributed by atoms with E-state index in [1.807, 2.05) is 6.07 Å². The largest absolute Gasteiger partial charge is 0.325 e. The van der Waals surface area contributed by atoms with Crippen LogP contribution < -0.4 is 5.32 Å². The lowest BCUT2D eigenvalue weighted by Crippen LogP contribution is -2.46. The third-order valence-electron chi connectivity index (χ3n) is 3.94. The van der Waals surface area contributed by atoms with Crippen molar-refractivity contribution in [2.24, 2.45) is 0 Å². The Morgan fingerprint density at radius 2 is 2.05 bits per heavy atom. The van der Waals surface area contributed by atoms with E-state index < -0.39 is 5.54 Å². The van der Waals surface area contributed by atoms with Crippen LogP contribution in [0.25, 0.3) is 0 Å². The average Bonchev–Trinajstić information content (AvgIpc) is 2.93. The fourth-order valence-electron chi connectivity index (χ4n) is 3.00. The van der Waals surface area contributed by atoms with Crippen molar-refractivity contribution in [3.8, 4) is 0 Å². The summed E-state index contributed by atoms with van der Waals surface area (Å²) in [7, 11) is 0. The first kappa shape index (κ1) is 12.6. The van der Waals surface area contributed by atoms with E-state index in [1.165, 1.54) is 0 Å². The summed E-state index contributed by atoms with van der Waals surface area (Å²) in [4.78, 5) is 29.8. The summed E-state index contributed by atoms with van der Waals surface area (Å²) >= 11 is 3.37. The maximum atomic E-state index is 12.1. The Bertz CT molecular complexity index is 540. The Hall–Kier alpha value is -1.43. The highest BCUT2D eigenvalue weighted by molar-refractivity contribution is 9.10. The van der Waals surface area contributed by atoms with Gasteiger partial charge in [0.05, 0.1) is 6.54 Å². The van der Waals surface area contributed by atoms with Crippen molar-refractivity contribution in [1.29, 1.82) is 0 Å². The molecular weight excluding hydrogens is 310 g/mol. The Balaban J connectivity index is 1.90. The van der Waals surface area contributed by atoms with E-state index in [-0.39, 0.29) is 11.9 Å². The van der Waals surface area contributed by atoms with E-state index in [9.17, 15) is 9.59 Å². The maximum absolute atomic E-state index is 12.1. The average molecular weight is 324 g/mol. The molecule has 3 rings (SSSR count). The second-order valence-electron chi connectivity index (χ2n) is 5.10. The number of carbonyl (C=O) groups excluding carboxylic acids is 2. The predicted octanol–water partition coefficient (Wildman–Crippen LogP) is 2.21. The van der Waals surface area contributed by atoms with E-state index in [0.717, 1.165) is 35.7 Å². The summed E-state index contributed by atoms with van der Waals surface area (Å²) in [6.07, 6.45) is 6.92. The Morgan fingerprint density at radius 3 is 2.74 bits per heavy atom. The van der Waals surface area contributed by atoms with Gasteiger partial charge in [-0.3, -0.25) is 15.1 Å². The number of hydrogen-bond donors (Lipinski definition) is 1. The molecule has 2 heterocycles. The second kappa shape index (κ2) is 4.59. The van der Waals surface area contributed by atoms with Gasteiger partial charge in [-0.15, -0.1) is 0 Å². The molecule has 19 heavy (non-hydrogen) atoms. The quantitative estimate of drug-likeness (QED) is 0.849. The van der Waals surface area contributed by atoms with Gasteiger partial charge in [0.15, 0.2) is 0 Å². The molecule has 1 aromatic heterocycles. The standard InChI is InChI=1S/C13H14BrN3O2/c14-10-5-9(6-15-7-10)8-17-12(19)16-11(18)13(17)3-1-2-4-13/h5-7H,1-4,8H2,(H,16,18,19). The van der Waals surface area contributed by atoms with Crippen molar-refractivity contribution < 1.29 is 9.59 Å². The van der Waals surface area contributed by atoms with Gasteiger partial charge in [-0.05, 0) is 40.4 Å². The van der Waals surface area contributed by atoms with E-state index in [1.54, 1.807) is 17.3 Å². The van der Waals surface area contributed by atoms with Crippen molar-refractivity contribution in [1.82, 2.24) is 15.2 Å². The van der Waals surface area contributed by atoms with E-state index >= 15 is 0 Å². The Labute approximate surface area is 119 Å². The van der Waals surface area contributed by atoms with Gasteiger partial charge >= 0.3 is 6.03 Å². The first-order chi connectivity index (χ1) is 9.12. The van der Waals surface area contributed by atoms with Crippen molar-refractivity contribution >= 4 is 27.9 Å². The number of nitrogens with one attached hydrogen (secondary N) is 1. The van der Waals surface area contributed by atoms with Crippen molar-refractivity contribution in [3.63, 3.8) is 0 Å². The zero-order chi connectivity index (χ0) is 13.5. The SMILES string of the molecule is O=C1NC(=O)C2(CCCC2)N1Cc1cncc(Br)c1. The fourth-order valence-corrected chi connectivity index (χ4v) is 3.42. The molecule has 1 saturated carbocycles. The maximum Gasteiger partial charge on any atom is 0.325 e.